The third-order valence-electron chi connectivity index (χ3n) is 5.21. The van der Waals surface area contributed by atoms with Crippen molar-refractivity contribution < 1.29 is 14.3 Å². The predicted molar refractivity (Wildman–Crippen MR) is 109 cm³/mol. The lowest BCUT2D eigenvalue weighted by Gasteiger charge is -2.16. The smallest absolute Gasteiger partial charge is 0.272 e. The number of carbonyl (C=O) groups excluding carboxylic acids is 2. The van der Waals surface area contributed by atoms with Gasteiger partial charge in [0.25, 0.3) is 17.4 Å². The first-order chi connectivity index (χ1) is 14.4. The molecule has 1 atom stereocenters. The summed E-state index contributed by atoms with van der Waals surface area (Å²) in [6.07, 6.45) is 0. The van der Waals surface area contributed by atoms with Crippen LogP contribution < -0.4 is 10.9 Å². The van der Waals surface area contributed by atoms with Crippen LogP contribution in [-0.4, -0.2) is 51.6 Å². The molecule has 0 fully saturated rings. The molecule has 0 radical (unpaired) electrons. The summed E-state index contributed by atoms with van der Waals surface area (Å²) in [6.45, 7) is 4.94. The highest BCUT2D eigenvalue weighted by atomic mass is 16.5. The summed E-state index contributed by atoms with van der Waals surface area (Å²) in [5.41, 5.74) is 3.05. The summed E-state index contributed by atoms with van der Waals surface area (Å²) >= 11 is 0. The van der Waals surface area contributed by atoms with Crippen molar-refractivity contribution >= 4 is 17.5 Å². The van der Waals surface area contributed by atoms with Crippen LogP contribution in [0.3, 0.4) is 0 Å². The van der Waals surface area contributed by atoms with Crippen LogP contribution in [0.15, 0.2) is 35.1 Å². The first-order valence-electron chi connectivity index (χ1n) is 9.69. The van der Waals surface area contributed by atoms with Crippen LogP contribution in [0.2, 0.25) is 0 Å². The maximum absolute atomic E-state index is 13.0. The highest BCUT2D eigenvalue weighted by molar-refractivity contribution is 6.09. The minimum Gasteiger partial charge on any atom is -0.383 e. The van der Waals surface area contributed by atoms with Crippen LogP contribution in [0.4, 0.5) is 0 Å². The molecule has 0 unspecified atom stereocenters. The number of aromatic nitrogens is 3. The molecule has 0 bridgehead atoms. The van der Waals surface area contributed by atoms with Crippen molar-refractivity contribution in [2.75, 3.05) is 20.3 Å². The standard InChI is InChI=1S/C21H23N5O4/c1-12-9-17-23-16(10-18(27)26(17)24-12)13(2)22-20(28)15-6-4-5-14-11-25(7-8-30-3)21(29)19(14)15/h4-6,9-10,13,24H,7-8,11H2,1-3H3,(H,22,28)/t13-/m0/s1. The molecular formula is C21H23N5O4. The fourth-order valence-electron chi connectivity index (χ4n) is 3.69. The number of hydrogen-bond donors (Lipinski definition) is 2. The third kappa shape index (κ3) is 3.48. The van der Waals surface area contributed by atoms with Gasteiger partial charge < -0.3 is 15.0 Å². The van der Waals surface area contributed by atoms with Gasteiger partial charge in [0.15, 0.2) is 5.65 Å². The molecule has 1 aromatic carbocycles. The molecule has 0 aliphatic carbocycles. The Bertz CT molecular complexity index is 1200. The summed E-state index contributed by atoms with van der Waals surface area (Å²) in [5.74, 6) is -0.561. The zero-order valence-electron chi connectivity index (χ0n) is 17.1. The van der Waals surface area contributed by atoms with Crippen LogP contribution >= 0.6 is 0 Å². The Morgan fingerprint density at radius 1 is 1.33 bits per heavy atom. The molecule has 0 spiro atoms. The second kappa shape index (κ2) is 7.75. The predicted octanol–water partition coefficient (Wildman–Crippen LogP) is 1.42. The number of benzene rings is 1. The lowest BCUT2D eigenvalue weighted by atomic mass is 10.0. The van der Waals surface area contributed by atoms with E-state index in [2.05, 4.69) is 15.4 Å². The fraction of sp³-hybridized carbons (Fsp3) is 0.333. The molecule has 2 aromatic heterocycles. The van der Waals surface area contributed by atoms with Gasteiger partial charge in [-0.25, -0.2) is 9.50 Å². The van der Waals surface area contributed by atoms with Gasteiger partial charge in [0, 0.05) is 38.0 Å². The first kappa shape index (κ1) is 19.8. The number of H-pyrrole nitrogens is 1. The number of amides is 2. The largest absolute Gasteiger partial charge is 0.383 e. The van der Waals surface area contributed by atoms with Crippen LogP contribution in [-0.2, 0) is 11.3 Å². The molecule has 1 aliphatic heterocycles. The lowest BCUT2D eigenvalue weighted by Crippen LogP contribution is -2.31. The highest BCUT2D eigenvalue weighted by Crippen LogP contribution is 2.26. The van der Waals surface area contributed by atoms with E-state index in [1.807, 2.05) is 13.0 Å². The van der Waals surface area contributed by atoms with E-state index < -0.39 is 6.04 Å². The number of hydrogen-bond acceptors (Lipinski definition) is 5. The minimum absolute atomic E-state index is 0.180. The molecule has 0 saturated heterocycles. The summed E-state index contributed by atoms with van der Waals surface area (Å²) < 4.78 is 6.41. The number of methoxy groups -OCH3 is 1. The summed E-state index contributed by atoms with van der Waals surface area (Å²) in [7, 11) is 1.58. The van der Waals surface area contributed by atoms with Gasteiger partial charge in [-0.15, -0.1) is 0 Å². The Balaban J connectivity index is 1.58. The zero-order valence-corrected chi connectivity index (χ0v) is 17.1. The molecule has 30 heavy (non-hydrogen) atoms. The number of nitrogens with one attached hydrogen (secondary N) is 2. The van der Waals surface area contributed by atoms with E-state index in [0.717, 1.165) is 11.3 Å². The van der Waals surface area contributed by atoms with E-state index >= 15 is 0 Å². The maximum atomic E-state index is 13.0. The van der Waals surface area contributed by atoms with E-state index in [1.54, 1.807) is 37.1 Å². The van der Waals surface area contributed by atoms with Gasteiger partial charge in [0.1, 0.15) is 0 Å². The van der Waals surface area contributed by atoms with E-state index in [4.69, 9.17) is 4.74 Å². The molecule has 4 rings (SSSR count). The van der Waals surface area contributed by atoms with E-state index in [0.29, 0.717) is 42.2 Å². The van der Waals surface area contributed by atoms with Crippen LogP contribution in [0.5, 0.6) is 0 Å². The first-order valence-corrected chi connectivity index (χ1v) is 9.69. The van der Waals surface area contributed by atoms with Gasteiger partial charge in [0.2, 0.25) is 0 Å². The summed E-state index contributed by atoms with van der Waals surface area (Å²) in [4.78, 5) is 44.2. The number of nitrogens with zero attached hydrogens (tertiary/aromatic N) is 3. The van der Waals surface area contributed by atoms with Crippen molar-refractivity contribution in [3.8, 4) is 0 Å². The van der Waals surface area contributed by atoms with Crippen molar-refractivity contribution in [1.29, 1.82) is 0 Å². The van der Waals surface area contributed by atoms with Crippen LogP contribution in [0.1, 0.15) is 50.6 Å². The second-order valence-corrected chi connectivity index (χ2v) is 7.41. The number of aryl methyl sites for hydroxylation is 1. The molecular weight excluding hydrogens is 386 g/mol. The maximum Gasteiger partial charge on any atom is 0.272 e. The number of aromatic amines is 1. The average molecular weight is 409 g/mol. The second-order valence-electron chi connectivity index (χ2n) is 7.41. The van der Waals surface area contributed by atoms with Gasteiger partial charge in [-0.1, -0.05) is 12.1 Å². The molecule has 0 saturated carbocycles. The zero-order chi connectivity index (χ0) is 21.4. The average Bonchev–Trinajstić information content (AvgIpc) is 3.25. The molecule has 9 heteroatoms. The number of fused-ring (bicyclic) bond motifs is 2. The Labute approximate surface area is 172 Å². The molecule has 9 nitrogen and oxygen atoms in total. The van der Waals surface area contributed by atoms with E-state index in [-0.39, 0.29) is 17.4 Å². The number of carbonyl (C=O) groups is 2. The molecule has 156 valence electrons. The molecule has 3 aromatic rings. The fourth-order valence-corrected chi connectivity index (χ4v) is 3.69. The van der Waals surface area contributed by atoms with Gasteiger partial charge in [0.05, 0.1) is 29.5 Å². The van der Waals surface area contributed by atoms with Crippen molar-refractivity contribution in [2.24, 2.45) is 0 Å². The van der Waals surface area contributed by atoms with Gasteiger partial charge in [-0.05, 0) is 25.5 Å². The Morgan fingerprint density at radius 2 is 2.13 bits per heavy atom. The Morgan fingerprint density at radius 3 is 2.90 bits per heavy atom. The van der Waals surface area contributed by atoms with Crippen molar-refractivity contribution in [2.45, 2.75) is 26.4 Å². The minimum atomic E-state index is -0.512. The third-order valence-corrected chi connectivity index (χ3v) is 5.21. The van der Waals surface area contributed by atoms with Gasteiger partial charge in [-0.3, -0.25) is 19.5 Å². The SMILES string of the molecule is COCCN1Cc2cccc(C(=O)N[C@@H](C)c3cc(=O)n4[nH]c(C)cc4n3)c2C1=O. The van der Waals surface area contributed by atoms with Crippen molar-refractivity contribution in [3.63, 3.8) is 0 Å². The Kier molecular flexibility index (Phi) is 5.13. The quantitative estimate of drug-likeness (QED) is 0.640. The molecule has 2 amide bonds. The summed E-state index contributed by atoms with van der Waals surface area (Å²) in [5, 5.41) is 5.78. The van der Waals surface area contributed by atoms with Crippen LogP contribution in [0, 0.1) is 6.92 Å². The molecule has 1 aliphatic rings. The van der Waals surface area contributed by atoms with Gasteiger partial charge in [-0.2, -0.15) is 0 Å². The van der Waals surface area contributed by atoms with Crippen molar-refractivity contribution in [1.82, 2.24) is 24.8 Å². The molecule has 3 heterocycles. The highest BCUT2D eigenvalue weighted by Gasteiger charge is 2.31. The monoisotopic (exact) mass is 409 g/mol. The van der Waals surface area contributed by atoms with Crippen LogP contribution in [0.25, 0.3) is 5.65 Å². The summed E-state index contributed by atoms with van der Waals surface area (Å²) in [6, 6.07) is 7.90. The van der Waals surface area contributed by atoms with Crippen molar-refractivity contribution in [3.05, 3.63) is 68.8 Å². The van der Waals surface area contributed by atoms with E-state index in [9.17, 15) is 14.4 Å². The Hall–Kier alpha value is -3.46. The lowest BCUT2D eigenvalue weighted by molar-refractivity contribution is 0.0715. The van der Waals surface area contributed by atoms with Gasteiger partial charge >= 0.3 is 0 Å². The number of ether oxygens (including phenoxy) is 1. The van der Waals surface area contributed by atoms with E-state index in [1.165, 1.54) is 10.6 Å². The molecule has 2 N–H and O–H groups in total. The topological polar surface area (TPSA) is 109 Å². The number of rotatable bonds is 6. The normalized spacial score (nSPS) is 14.2.